The molecule has 2 amide bonds. The van der Waals surface area contributed by atoms with E-state index in [2.05, 4.69) is 4.90 Å². The summed E-state index contributed by atoms with van der Waals surface area (Å²) in [4.78, 5) is 31.6. The number of hydrogen-bond donors (Lipinski definition) is 0. The minimum Gasteiger partial charge on any atom is -0.372 e. The molecule has 2 saturated heterocycles. The maximum absolute atomic E-state index is 13.4. The topological polar surface area (TPSA) is 53.1 Å². The van der Waals surface area contributed by atoms with Crippen molar-refractivity contribution in [2.24, 2.45) is 5.92 Å². The van der Waals surface area contributed by atoms with E-state index >= 15 is 0 Å². The minimum absolute atomic E-state index is 0.0138. The number of ether oxygens (including phenoxy) is 1. The molecule has 0 aliphatic carbocycles. The first-order chi connectivity index (χ1) is 14.2. The van der Waals surface area contributed by atoms with E-state index in [0.29, 0.717) is 19.6 Å². The summed E-state index contributed by atoms with van der Waals surface area (Å²) >= 11 is 0. The molecule has 3 rings (SSSR count). The van der Waals surface area contributed by atoms with Crippen molar-refractivity contribution in [2.45, 2.75) is 58.4 Å². The molecular weight excluding hydrogens is 385 g/mol. The third-order valence-electron chi connectivity index (χ3n) is 6.20. The van der Waals surface area contributed by atoms with Crippen molar-refractivity contribution < 1.29 is 18.7 Å². The molecule has 2 aliphatic rings. The third kappa shape index (κ3) is 5.58. The van der Waals surface area contributed by atoms with Gasteiger partial charge in [-0.1, -0.05) is 12.1 Å². The van der Waals surface area contributed by atoms with E-state index in [1.54, 1.807) is 18.0 Å². The fourth-order valence-electron chi connectivity index (χ4n) is 4.61. The number of morpholine rings is 1. The van der Waals surface area contributed by atoms with E-state index in [1.165, 1.54) is 12.1 Å². The minimum atomic E-state index is -0.294. The van der Waals surface area contributed by atoms with Crippen LogP contribution in [0.25, 0.3) is 0 Å². The molecule has 2 fully saturated rings. The van der Waals surface area contributed by atoms with Crippen LogP contribution < -0.4 is 0 Å². The van der Waals surface area contributed by atoms with E-state index in [9.17, 15) is 14.0 Å². The number of carbonyl (C=O) groups excluding carboxylic acids is 2. The molecule has 7 heteroatoms. The highest BCUT2D eigenvalue weighted by molar-refractivity contribution is 5.81. The predicted molar refractivity (Wildman–Crippen MR) is 113 cm³/mol. The maximum Gasteiger partial charge on any atom is 0.239 e. The lowest BCUT2D eigenvalue weighted by atomic mass is 9.93. The number of likely N-dealkylation sites (tertiary alicyclic amines) is 1. The SMILES string of the molecule is CC1CN(C(=O)C2CCN(C(C)C(=O)N(C)Cc3cccc(F)c3)CC2)CC(C)O1. The van der Waals surface area contributed by atoms with Gasteiger partial charge in [0.05, 0.1) is 18.2 Å². The second-order valence-corrected chi connectivity index (χ2v) is 8.81. The van der Waals surface area contributed by atoms with Crippen molar-refractivity contribution in [2.75, 3.05) is 33.2 Å². The monoisotopic (exact) mass is 419 g/mol. The predicted octanol–water partition coefficient (Wildman–Crippen LogP) is 2.52. The third-order valence-corrected chi connectivity index (χ3v) is 6.20. The molecule has 0 saturated carbocycles. The van der Waals surface area contributed by atoms with Crippen molar-refractivity contribution >= 4 is 11.8 Å². The van der Waals surface area contributed by atoms with Crippen molar-refractivity contribution in [3.8, 4) is 0 Å². The lowest BCUT2D eigenvalue weighted by Crippen LogP contribution is -2.53. The Morgan fingerprint density at radius 2 is 1.83 bits per heavy atom. The maximum atomic E-state index is 13.4. The second-order valence-electron chi connectivity index (χ2n) is 8.81. The Morgan fingerprint density at radius 1 is 1.20 bits per heavy atom. The lowest BCUT2D eigenvalue weighted by molar-refractivity contribution is -0.149. The highest BCUT2D eigenvalue weighted by atomic mass is 19.1. The summed E-state index contributed by atoms with van der Waals surface area (Å²) in [7, 11) is 1.75. The van der Waals surface area contributed by atoms with E-state index in [4.69, 9.17) is 4.74 Å². The summed E-state index contributed by atoms with van der Waals surface area (Å²) < 4.78 is 19.1. The van der Waals surface area contributed by atoms with Crippen LogP contribution in [0, 0.1) is 11.7 Å². The molecule has 30 heavy (non-hydrogen) atoms. The molecule has 1 aromatic rings. The molecule has 2 aliphatic heterocycles. The zero-order valence-electron chi connectivity index (χ0n) is 18.5. The van der Waals surface area contributed by atoms with Gasteiger partial charge < -0.3 is 14.5 Å². The molecule has 0 spiro atoms. The van der Waals surface area contributed by atoms with Gasteiger partial charge in [-0.05, 0) is 64.4 Å². The number of piperidine rings is 1. The summed E-state index contributed by atoms with van der Waals surface area (Å²) in [5.41, 5.74) is 0.774. The van der Waals surface area contributed by atoms with E-state index in [1.807, 2.05) is 31.7 Å². The summed E-state index contributed by atoms with van der Waals surface area (Å²) in [5, 5.41) is 0. The summed E-state index contributed by atoms with van der Waals surface area (Å²) in [6, 6.07) is 6.07. The highest BCUT2D eigenvalue weighted by Gasteiger charge is 2.35. The van der Waals surface area contributed by atoms with Crippen LogP contribution in [-0.4, -0.2) is 78.0 Å². The van der Waals surface area contributed by atoms with Crippen LogP contribution in [0.5, 0.6) is 0 Å². The quantitative estimate of drug-likeness (QED) is 0.736. The Hall–Kier alpha value is -1.99. The van der Waals surface area contributed by atoms with Crippen LogP contribution in [0.15, 0.2) is 24.3 Å². The van der Waals surface area contributed by atoms with Crippen molar-refractivity contribution in [1.29, 1.82) is 0 Å². The molecular formula is C23H34FN3O3. The fourth-order valence-corrected chi connectivity index (χ4v) is 4.61. The van der Waals surface area contributed by atoms with Crippen LogP contribution in [0.1, 0.15) is 39.2 Å². The number of rotatable bonds is 5. The van der Waals surface area contributed by atoms with Gasteiger partial charge in [-0.2, -0.15) is 0 Å². The average molecular weight is 420 g/mol. The average Bonchev–Trinajstić information content (AvgIpc) is 2.71. The zero-order chi connectivity index (χ0) is 21.8. The van der Waals surface area contributed by atoms with Crippen molar-refractivity contribution in [3.05, 3.63) is 35.6 Å². The number of halogens is 1. The largest absolute Gasteiger partial charge is 0.372 e. The van der Waals surface area contributed by atoms with Gasteiger partial charge in [0.1, 0.15) is 5.82 Å². The van der Waals surface area contributed by atoms with Gasteiger partial charge >= 0.3 is 0 Å². The molecule has 0 bridgehead atoms. The molecule has 3 atom stereocenters. The summed E-state index contributed by atoms with van der Waals surface area (Å²) in [6.45, 7) is 9.07. The first kappa shape index (κ1) is 22.7. The van der Waals surface area contributed by atoms with E-state index in [-0.39, 0.29) is 41.8 Å². The number of likely N-dealkylation sites (N-methyl/N-ethyl adjacent to an activating group) is 1. The number of benzene rings is 1. The summed E-state index contributed by atoms with van der Waals surface area (Å²) in [6.07, 6.45) is 1.68. The van der Waals surface area contributed by atoms with Gasteiger partial charge in [0, 0.05) is 32.6 Å². The number of carbonyl (C=O) groups is 2. The van der Waals surface area contributed by atoms with Crippen LogP contribution >= 0.6 is 0 Å². The lowest BCUT2D eigenvalue weighted by Gasteiger charge is -2.40. The van der Waals surface area contributed by atoms with Crippen LogP contribution in [0.4, 0.5) is 4.39 Å². The van der Waals surface area contributed by atoms with Crippen molar-refractivity contribution in [1.82, 2.24) is 14.7 Å². The summed E-state index contributed by atoms with van der Waals surface area (Å²) in [5.74, 6) is -0.0398. The Balaban J connectivity index is 1.50. The molecule has 0 aromatic heterocycles. The van der Waals surface area contributed by atoms with Crippen LogP contribution in [0.2, 0.25) is 0 Å². The fraction of sp³-hybridized carbons (Fsp3) is 0.652. The Labute approximate surface area is 179 Å². The smallest absolute Gasteiger partial charge is 0.239 e. The van der Waals surface area contributed by atoms with E-state index < -0.39 is 0 Å². The molecule has 2 heterocycles. The Bertz CT molecular complexity index is 741. The molecule has 166 valence electrons. The Kier molecular flexibility index (Phi) is 7.47. The first-order valence-electron chi connectivity index (χ1n) is 10.9. The van der Waals surface area contributed by atoms with E-state index in [0.717, 1.165) is 31.5 Å². The number of amides is 2. The molecule has 0 radical (unpaired) electrons. The van der Waals surface area contributed by atoms with Gasteiger partial charge in [-0.25, -0.2) is 4.39 Å². The van der Waals surface area contributed by atoms with Gasteiger partial charge in [0.2, 0.25) is 11.8 Å². The van der Waals surface area contributed by atoms with Gasteiger partial charge in [0.15, 0.2) is 0 Å². The normalized spacial score (nSPS) is 24.5. The molecule has 3 unspecified atom stereocenters. The molecule has 1 aromatic carbocycles. The van der Waals surface area contributed by atoms with Gasteiger partial charge in [0.25, 0.3) is 0 Å². The van der Waals surface area contributed by atoms with Crippen molar-refractivity contribution in [3.63, 3.8) is 0 Å². The first-order valence-corrected chi connectivity index (χ1v) is 10.9. The molecule has 6 nitrogen and oxygen atoms in total. The zero-order valence-corrected chi connectivity index (χ0v) is 18.5. The number of hydrogen-bond acceptors (Lipinski definition) is 4. The second kappa shape index (κ2) is 9.88. The Morgan fingerprint density at radius 3 is 2.43 bits per heavy atom. The number of nitrogens with zero attached hydrogens (tertiary/aromatic N) is 3. The van der Waals surface area contributed by atoms with Crippen LogP contribution in [-0.2, 0) is 20.9 Å². The highest BCUT2D eigenvalue weighted by Crippen LogP contribution is 2.24. The van der Waals surface area contributed by atoms with Crippen LogP contribution in [0.3, 0.4) is 0 Å². The standard InChI is InChI=1S/C23H34FN3O3/c1-16-13-27(14-17(2)30-16)23(29)20-8-10-26(11-9-20)18(3)22(28)25(4)15-19-6-5-7-21(24)12-19/h5-7,12,16-18,20H,8-11,13-15H2,1-4H3. The van der Waals surface area contributed by atoms with Gasteiger partial charge in [-0.15, -0.1) is 0 Å². The van der Waals surface area contributed by atoms with Gasteiger partial charge in [-0.3, -0.25) is 14.5 Å². The molecule has 0 N–H and O–H groups in total.